The average Bonchev–Trinajstić information content (AvgIpc) is 2.78. The van der Waals surface area contributed by atoms with E-state index in [1.807, 2.05) is 24.0 Å². The number of amides is 1. The molecular formula is C22H29N5O4. The van der Waals surface area contributed by atoms with Crippen molar-refractivity contribution >= 4 is 23.2 Å². The fourth-order valence-corrected chi connectivity index (χ4v) is 4.64. The van der Waals surface area contributed by atoms with Gasteiger partial charge in [-0.2, -0.15) is 0 Å². The Bertz CT molecular complexity index is 903. The molecule has 0 bridgehead atoms. The van der Waals surface area contributed by atoms with Crippen LogP contribution in [-0.4, -0.2) is 71.2 Å². The molecule has 0 spiro atoms. The molecule has 3 heterocycles. The van der Waals surface area contributed by atoms with Gasteiger partial charge in [0.05, 0.1) is 32.3 Å². The lowest BCUT2D eigenvalue weighted by Crippen LogP contribution is -2.56. The molecule has 3 aliphatic rings. The number of guanidine groups is 1. The Morgan fingerprint density at radius 1 is 1.26 bits per heavy atom. The molecule has 1 aliphatic carbocycles. The van der Waals surface area contributed by atoms with Crippen molar-refractivity contribution in [3.8, 4) is 5.88 Å². The molecular weight excluding hydrogens is 398 g/mol. The number of aliphatic hydroxyl groups excluding tert-OH is 1. The van der Waals surface area contributed by atoms with Crippen LogP contribution in [0.3, 0.4) is 0 Å². The number of fused-ring (bicyclic) bond motifs is 1. The summed E-state index contributed by atoms with van der Waals surface area (Å²) in [6.45, 7) is 2.29. The molecule has 0 radical (unpaired) electrons. The minimum atomic E-state index is -0.389. The van der Waals surface area contributed by atoms with Crippen molar-refractivity contribution in [2.24, 2.45) is 21.6 Å². The topological polar surface area (TPSA) is 123 Å². The van der Waals surface area contributed by atoms with Gasteiger partial charge in [0.1, 0.15) is 6.17 Å². The molecule has 2 atom stereocenters. The monoisotopic (exact) mass is 427 g/mol. The van der Waals surface area contributed by atoms with E-state index in [0.29, 0.717) is 18.1 Å². The molecule has 2 unspecified atom stereocenters. The van der Waals surface area contributed by atoms with Crippen molar-refractivity contribution in [2.75, 3.05) is 20.3 Å². The van der Waals surface area contributed by atoms with Crippen LogP contribution >= 0.6 is 0 Å². The lowest BCUT2D eigenvalue weighted by molar-refractivity contribution is -0.132. The number of carbonyl (C=O) groups is 1. The fraction of sp³-hybridized carbons (Fsp3) is 0.545. The molecule has 1 saturated carbocycles. The lowest BCUT2D eigenvalue weighted by Gasteiger charge is -2.45. The number of methoxy groups -OCH3 is 1. The van der Waals surface area contributed by atoms with Gasteiger partial charge < -0.3 is 25.2 Å². The minimum absolute atomic E-state index is 0.0188. The molecule has 4 rings (SSSR count). The number of rotatable bonds is 6. The number of aromatic nitrogens is 1. The zero-order valence-electron chi connectivity index (χ0n) is 17.9. The first-order chi connectivity index (χ1) is 15.0. The van der Waals surface area contributed by atoms with Crippen molar-refractivity contribution in [2.45, 2.75) is 50.9 Å². The van der Waals surface area contributed by atoms with E-state index < -0.39 is 0 Å². The van der Waals surface area contributed by atoms with Gasteiger partial charge in [-0.3, -0.25) is 4.79 Å². The van der Waals surface area contributed by atoms with Gasteiger partial charge in [-0.1, -0.05) is 6.08 Å². The van der Waals surface area contributed by atoms with E-state index in [2.05, 4.69) is 15.0 Å². The summed E-state index contributed by atoms with van der Waals surface area (Å²) < 4.78 is 10.8. The largest absolute Gasteiger partial charge is 0.481 e. The Balaban J connectivity index is 1.63. The number of nitrogens with zero attached hydrogens (tertiary/aromatic N) is 4. The number of aliphatic imine (C=N–C) groups is 2. The van der Waals surface area contributed by atoms with E-state index in [-0.39, 0.29) is 42.7 Å². The van der Waals surface area contributed by atoms with E-state index in [1.54, 1.807) is 19.4 Å². The molecule has 31 heavy (non-hydrogen) atoms. The van der Waals surface area contributed by atoms with E-state index in [1.165, 1.54) is 0 Å². The maximum atomic E-state index is 13.7. The molecule has 1 fully saturated rings. The Kier molecular flexibility index (Phi) is 6.33. The van der Waals surface area contributed by atoms with Gasteiger partial charge in [-0.15, -0.1) is 0 Å². The summed E-state index contributed by atoms with van der Waals surface area (Å²) in [5.41, 5.74) is 8.14. The smallest absolute Gasteiger partial charge is 0.256 e. The number of aliphatic hydroxyl groups is 1. The van der Waals surface area contributed by atoms with Crippen LogP contribution in [0.25, 0.3) is 5.57 Å². The van der Waals surface area contributed by atoms with Gasteiger partial charge in [0.2, 0.25) is 11.8 Å². The quantitative estimate of drug-likeness (QED) is 0.707. The van der Waals surface area contributed by atoms with Crippen molar-refractivity contribution in [1.82, 2.24) is 9.88 Å². The van der Waals surface area contributed by atoms with Gasteiger partial charge in [0, 0.05) is 35.2 Å². The first kappa shape index (κ1) is 21.5. The second-order valence-electron chi connectivity index (χ2n) is 8.09. The first-order valence-corrected chi connectivity index (χ1v) is 10.7. The highest BCUT2D eigenvalue weighted by Gasteiger charge is 2.44. The van der Waals surface area contributed by atoms with Crippen LogP contribution in [0.15, 0.2) is 34.4 Å². The molecule has 0 saturated heterocycles. The summed E-state index contributed by atoms with van der Waals surface area (Å²) in [5, 5.41) is 9.00. The van der Waals surface area contributed by atoms with Crippen LogP contribution in [0.2, 0.25) is 0 Å². The van der Waals surface area contributed by atoms with Crippen molar-refractivity contribution in [3.63, 3.8) is 0 Å². The molecule has 2 aliphatic heterocycles. The van der Waals surface area contributed by atoms with Gasteiger partial charge in [-0.25, -0.2) is 15.0 Å². The first-order valence-electron chi connectivity index (χ1n) is 10.7. The van der Waals surface area contributed by atoms with Gasteiger partial charge in [0.25, 0.3) is 5.91 Å². The highest BCUT2D eigenvalue weighted by Crippen LogP contribution is 2.37. The van der Waals surface area contributed by atoms with Crippen molar-refractivity contribution in [1.29, 1.82) is 0 Å². The number of hydrogen-bond donors (Lipinski definition) is 2. The lowest BCUT2D eigenvalue weighted by atomic mass is 9.84. The predicted molar refractivity (Wildman–Crippen MR) is 117 cm³/mol. The van der Waals surface area contributed by atoms with Crippen LogP contribution < -0.4 is 10.5 Å². The normalized spacial score (nSPS) is 28.4. The summed E-state index contributed by atoms with van der Waals surface area (Å²) >= 11 is 0. The van der Waals surface area contributed by atoms with Gasteiger partial charge in [-0.05, 0) is 38.7 Å². The van der Waals surface area contributed by atoms with Gasteiger partial charge in [0.15, 0.2) is 0 Å². The van der Waals surface area contributed by atoms with Crippen molar-refractivity contribution < 1.29 is 19.4 Å². The Morgan fingerprint density at radius 2 is 2.03 bits per heavy atom. The zero-order chi connectivity index (χ0) is 22.0. The molecule has 1 aromatic heterocycles. The maximum absolute atomic E-state index is 13.7. The Labute approximate surface area is 181 Å². The van der Waals surface area contributed by atoms with Crippen LogP contribution in [0.5, 0.6) is 5.88 Å². The number of nitrogens with two attached hydrogens (primary N) is 1. The molecule has 9 nitrogen and oxygen atoms in total. The van der Waals surface area contributed by atoms with Crippen LogP contribution in [0.1, 0.15) is 38.2 Å². The highest BCUT2D eigenvalue weighted by molar-refractivity contribution is 6.21. The third-order valence-electron chi connectivity index (χ3n) is 6.19. The third-order valence-corrected chi connectivity index (χ3v) is 6.19. The number of ether oxygens (including phenoxy) is 2. The standard InChI is InChI=1S/C22H29N5O4/c1-13-17-11-18(14-3-8-19(30-2)24-12-14)21(29)27(20(17)26-22(23)25-13)15-4-6-16(7-5-15)31-10-9-28/h3,8,11-12,15-17,20,28H,4-7,9-10H2,1-2H3,(H2,23,26). The third kappa shape index (κ3) is 4.33. The van der Waals surface area contributed by atoms with Crippen molar-refractivity contribution in [3.05, 3.63) is 30.0 Å². The summed E-state index contributed by atoms with van der Waals surface area (Å²) in [4.78, 5) is 28.8. The Hall–Kier alpha value is -2.78. The van der Waals surface area contributed by atoms with E-state index in [9.17, 15) is 4.79 Å². The van der Waals surface area contributed by atoms with Crippen LogP contribution in [0.4, 0.5) is 0 Å². The second kappa shape index (κ2) is 9.15. The summed E-state index contributed by atoms with van der Waals surface area (Å²) in [6.07, 6.45) is 6.62. The number of pyridine rings is 1. The fourth-order valence-electron chi connectivity index (χ4n) is 4.64. The molecule has 3 N–H and O–H groups in total. The Morgan fingerprint density at radius 3 is 2.68 bits per heavy atom. The van der Waals surface area contributed by atoms with E-state index in [4.69, 9.17) is 20.3 Å². The summed E-state index contributed by atoms with van der Waals surface area (Å²) in [5.74, 6) is 0.500. The SMILES string of the molecule is COc1ccc(C2=CC3C(C)=NC(N)=NC3N(C3CCC(OCCO)CC3)C2=O)cn1. The second-order valence-corrected chi connectivity index (χ2v) is 8.09. The molecule has 9 heteroatoms. The summed E-state index contributed by atoms with van der Waals surface area (Å²) in [7, 11) is 1.56. The number of hydrogen-bond acceptors (Lipinski definition) is 8. The molecule has 0 aromatic carbocycles. The van der Waals surface area contributed by atoms with E-state index >= 15 is 0 Å². The van der Waals surface area contributed by atoms with Crippen LogP contribution in [-0.2, 0) is 9.53 Å². The minimum Gasteiger partial charge on any atom is -0.481 e. The van der Waals surface area contributed by atoms with Crippen LogP contribution in [0, 0.1) is 5.92 Å². The predicted octanol–water partition coefficient (Wildman–Crippen LogP) is 1.37. The molecule has 1 aromatic rings. The maximum Gasteiger partial charge on any atom is 0.256 e. The van der Waals surface area contributed by atoms with E-state index in [0.717, 1.165) is 37.0 Å². The highest BCUT2D eigenvalue weighted by atomic mass is 16.5. The van der Waals surface area contributed by atoms with Gasteiger partial charge >= 0.3 is 0 Å². The molecule has 166 valence electrons. The zero-order valence-corrected chi connectivity index (χ0v) is 17.9. The average molecular weight is 428 g/mol. The number of carbonyl (C=O) groups excluding carboxylic acids is 1. The summed E-state index contributed by atoms with van der Waals surface area (Å²) in [6, 6.07) is 3.63. The molecule has 1 amide bonds.